The molecule has 2 heterocycles. The normalized spacial score (nSPS) is 15.6. The minimum absolute atomic E-state index is 0.200. The zero-order chi connectivity index (χ0) is 23.8. The number of rotatable bonds is 9. The van der Waals surface area contributed by atoms with Crippen LogP contribution in [-0.4, -0.2) is 44.4 Å². The highest BCUT2D eigenvalue weighted by Crippen LogP contribution is 2.34. The monoisotopic (exact) mass is 472 g/mol. The number of carbonyl (C=O) groups excluding carboxylic acids is 3. The van der Waals surface area contributed by atoms with Crippen molar-refractivity contribution in [3.8, 4) is 11.5 Å². The molecule has 0 bridgehead atoms. The Labute approximate surface area is 194 Å². The SMILES string of the molecule is CCOC(=O)C1=C(C)NC(=O)N[C@H]1c1ccc(OCC(=O)N/N=C\c2cccs2)c(OC)c1. The van der Waals surface area contributed by atoms with Gasteiger partial charge >= 0.3 is 12.0 Å². The Morgan fingerprint density at radius 2 is 2.09 bits per heavy atom. The van der Waals surface area contributed by atoms with Crippen LogP contribution in [0.2, 0.25) is 0 Å². The van der Waals surface area contributed by atoms with Crippen molar-refractivity contribution in [3.63, 3.8) is 0 Å². The lowest BCUT2D eigenvalue weighted by Gasteiger charge is -2.28. The summed E-state index contributed by atoms with van der Waals surface area (Å²) in [5.74, 6) is -0.331. The lowest BCUT2D eigenvalue weighted by atomic mass is 9.95. The van der Waals surface area contributed by atoms with Crippen molar-refractivity contribution in [2.75, 3.05) is 20.3 Å². The van der Waals surface area contributed by atoms with Crippen molar-refractivity contribution in [2.24, 2.45) is 5.10 Å². The third-order valence-electron chi connectivity index (χ3n) is 4.57. The van der Waals surface area contributed by atoms with E-state index in [4.69, 9.17) is 14.2 Å². The van der Waals surface area contributed by atoms with E-state index in [1.807, 2.05) is 17.5 Å². The lowest BCUT2D eigenvalue weighted by molar-refractivity contribution is -0.139. The van der Waals surface area contributed by atoms with E-state index in [0.717, 1.165) is 4.88 Å². The third kappa shape index (κ3) is 6.10. The summed E-state index contributed by atoms with van der Waals surface area (Å²) in [6, 6.07) is 7.48. The van der Waals surface area contributed by atoms with Gasteiger partial charge in [0.2, 0.25) is 0 Å². The van der Waals surface area contributed by atoms with Gasteiger partial charge in [-0.2, -0.15) is 5.10 Å². The predicted molar refractivity (Wildman–Crippen MR) is 122 cm³/mol. The summed E-state index contributed by atoms with van der Waals surface area (Å²) >= 11 is 1.50. The molecule has 0 radical (unpaired) electrons. The Balaban J connectivity index is 1.72. The number of thiophene rings is 1. The van der Waals surface area contributed by atoms with Crippen molar-refractivity contribution in [1.82, 2.24) is 16.1 Å². The van der Waals surface area contributed by atoms with E-state index in [0.29, 0.717) is 22.8 Å². The number of nitrogens with zero attached hydrogens (tertiary/aromatic N) is 1. The molecule has 0 saturated carbocycles. The average molecular weight is 473 g/mol. The Morgan fingerprint density at radius 3 is 2.79 bits per heavy atom. The maximum atomic E-state index is 12.5. The Kier molecular flexibility index (Phi) is 8.03. The van der Waals surface area contributed by atoms with E-state index >= 15 is 0 Å². The van der Waals surface area contributed by atoms with Crippen LogP contribution >= 0.6 is 11.3 Å². The molecule has 0 spiro atoms. The number of esters is 1. The van der Waals surface area contributed by atoms with E-state index in [2.05, 4.69) is 21.2 Å². The first kappa shape index (κ1) is 23.8. The maximum Gasteiger partial charge on any atom is 0.338 e. The number of nitrogens with one attached hydrogen (secondary N) is 3. The number of hydrogen-bond donors (Lipinski definition) is 3. The minimum Gasteiger partial charge on any atom is -0.493 e. The van der Waals surface area contributed by atoms with Crippen LogP contribution in [0, 0.1) is 0 Å². The summed E-state index contributed by atoms with van der Waals surface area (Å²) in [5, 5.41) is 11.1. The molecule has 1 atom stereocenters. The van der Waals surface area contributed by atoms with Crippen LogP contribution < -0.4 is 25.5 Å². The Bertz CT molecular complexity index is 1080. The van der Waals surface area contributed by atoms with Crippen LogP contribution in [-0.2, 0) is 14.3 Å². The van der Waals surface area contributed by atoms with E-state index in [1.165, 1.54) is 18.4 Å². The maximum absolute atomic E-state index is 12.5. The van der Waals surface area contributed by atoms with Crippen LogP contribution in [0.4, 0.5) is 4.79 Å². The molecule has 1 aromatic heterocycles. The zero-order valence-electron chi connectivity index (χ0n) is 18.3. The topological polar surface area (TPSA) is 127 Å². The second kappa shape index (κ2) is 11.1. The van der Waals surface area contributed by atoms with Gasteiger partial charge in [-0.25, -0.2) is 15.0 Å². The first-order valence-electron chi connectivity index (χ1n) is 10.0. The molecule has 0 fully saturated rings. The van der Waals surface area contributed by atoms with E-state index in [-0.39, 0.29) is 18.8 Å². The summed E-state index contributed by atoms with van der Waals surface area (Å²) in [6.07, 6.45) is 1.54. The molecule has 2 aromatic rings. The standard InChI is InChI=1S/C22H24N4O6S/c1-4-31-21(28)19-13(2)24-22(29)25-20(19)14-7-8-16(17(10-14)30-3)32-12-18(27)26-23-11-15-6-5-9-33-15/h5-11,20H,4,12H2,1-3H3,(H,26,27)(H2,24,25,29)/b23-11-/t20-/m0/s1. The number of urea groups is 1. The smallest absolute Gasteiger partial charge is 0.338 e. The highest BCUT2D eigenvalue weighted by molar-refractivity contribution is 7.11. The molecule has 3 rings (SSSR count). The van der Waals surface area contributed by atoms with Crippen LogP contribution in [0.3, 0.4) is 0 Å². The molecule has 1 aliphatic heterocycles. The summed E-state index contributed by atoms with van der Waals surface area (Å²) in [4.78, 5) is 37.4. The van der Waals surface area contributed by atoms with Crippen molar-refractivity contribution in [1.29, 1.82) is 0 Å². The summed E-state index contributed by atoms with van der Waals surface area (Å²) in [5.41, 5.74) is 3.67. The zero-order valence-corrected chi connectivity index (χ0v) is 19.2. The quantitative estimate of drug-likeness (QED) is 0.292. The molecule has 3 N–H and O–H groups in total. The first-order chi connectivity index (χ1) is 15.9. The van der Waals surface area contributed by atoms with Gasteiger partial charge in [0.05, 0.1) is 31.5 Å². The third-order valence-corrected chi connectivity index (χ3v) is 5.38. The molecule has 174 valence electrons. The highest BCUT2D eigenvalue weighted by Gasteiger charge is 2.32. The number of hydrazone groups is 1. The van der Waals surface area contributed by atoms with Gasteiger partial charge in [-0.1, -0.05) is 12.1 Å². The molecular formula is C22H24N4O6S. The molecule has 33 heavy (non-hydrogen) atoms. The number of carbonyl (C=O) groups is 3. The number of methoxy groups -OCH3 is 1. The fraction of sp³-hybridized carbons (Fsp3) is 0.273. The van der Waals surface area contributed by atoms with Crippen LogP contribution in [0.15, 0.2) is 52.1 Å². The molecule has 0 aliphatic carbocycles. The molecule has 11 heteroatoms. The fourth-order valence-corrected chi connectivity index (χ4v) is 3.70. The first-order valence-corrected chi connectivity index (χ1v) is 10.9. The number of ether oxygens (including phenoxy) is 3. The molecule has 1 aliphatic rings. The van der Waals surface area contributed by atoms with Gasteiger partial charge in [0.1, 0.15) is 0 Å². The predicted octanol–water partition coefficient (Wildman–Crippen LogP) is 2.48. The van der Waals surface area contributed by atoms with Crippen LogP contribution in [0.1, 0.15) is 30.3 Å². The fourth-order valence-electron chi connectivity index (χ4n) is 3.11. The van der Waals surface area contributed by atoms with E-state index < -0.39 is 23.9 Å². The van der Waals surface area contributed by atoms with Gasteiger partial charge in [-0.3, -0.25) is 4.79 Å². The number of benzene rings is 1. The Morgan fingerprint density at radius 1 is 1.27 bits per heavy atom. The summed E-state index contributed by atoms with van der Waals surface area (Å²) in [7, 11) is 1.45. The summed E-state index contributed by atoms with van der Waals surface area (Å²) < 4.78 is 16.1. The van der Waals surface area contributed by atoms with Crippen molar-refractivity contribution < 1.29 is 28.6 Å². The second-order valence-corrected chi connectivity index (χ2v) is 7.78. The molecule has 1 aromatic carbocycles. The van der Waals surface area contributed by atoms with Gasteiger partial charge in [0.25, 0.3) is 5.91 Å². The Hall–Kier alpha value is -3.86. The van der Waals surface area contributed by atoms with Gasteiger partial charge in [0.15, 0.2) is 18.1 Å². The van der Waals surface area contributed by atoms with Crippen LogP contribution in [0.25, 0.3) is 0 Å². The van der Waals surface area contributed by atoms with Gasteiger partial charge in [-0.15, -0.1) is 11.3 Å². The van der Waals surface area contributed by atoms with E-state index in [9.17, 15) is 14.4 Å². The average Bonchev–Trinajstić information content (AvgIpc) is 3.30. The molecule has 0 unspecified atom stereocenters. The lowest BCUT2D eigenvalue weighted by Crippen LogP contribution is -2.45. The van der Waals surface area contributed by atoms with Gasteiger partial charge in [0, 0.05) is 10.6 Å². The van der Waals surface area contributed by atoms with Crippen molar-refractivity contribution in [2.45, 2.75) is 19.9 Å². The number of allylic oxidation sites excluding steroid dienone is 1. The molecular weight excluding hydrogens is 448 g/mol. The molecule has 10 nitrogen and oxygen atoms in total. The van der Waals surface area contributed by atoms with Crippen molar-refractivity contribution >= 4 is 35.5 Å². The second-order valence-electron chi connectivity index (χ2n) is 6.80. The summed E-state index contributed by atoms with van der Waals surface area (Å²) in [6.45, 7) is 3.25. The number of amides is 3. The minimum atomic E-state index is -0.740. The number of hydrogen-bond acceptors (Lipinski definition) is 8. The van der Waals surface area contributed by atoms with Gasteiger partial charge < -0.3 is 24.8 Å². The van der Waals surface area contributed by atoms with Crippen molar-refractivity contribution in [3.05, 3.63) is 57.4 Å². The highest BCUT2D eigenvalue weighted by atomic mass is 32.1. The van der Waals surface area contributed by atoms with Gasteiger partial charge in [-0.05, 0) is 43.0 Å². The van der Waals surface area contributed by atoms with E-state index in [1.54, 1.807) is 38.3 Å². The largest absolute Gasteiger partial charge is 0.493 e. The van der Waals surface area contributed by atoms with Crippen LogP contribution in [0.5, 0.6) is 11.5 Å². The molecule has 3 amide bonds. The molecule has 0 saturated heterocycles.